The topological polar surface area (TPSA) is 93.6 Å². The zero-order valence-electron chi connectivity index (χ0n) is 6.86. The van der Waals surface area contributed by atoms with Gasteiger partial charge < -0.3 is 16.5 Å². The Hall–Kier alpha value is -2.04. The molecule has 1 aromatic heterocycles. The molecule has 0 aliphatic rings. The first-order valence-electron chi connectivity index (χ1n) is 3.80. The number of hydrogen-bond acceptors (Lipinski definition) is 4. The van der Waals surface area contributed by atoms with E-state index >= 15 is 0 Å². The molecular weight excluding hydrogens is 166 g/mol. The number of hydrogen-bond donors (Lipinski definition) is 3. The molecule has 66 valence electrons. The summed E-state index contributed by atoms with van der Waals surface area (Å²) in [6, 6.07) is 7.35. The van der Waals surface area contributed by atoms with E-state index in [-0.39, 0.29) is 0 Å². The molecule has 0 unspecified atom stereocenters. The zero-order valence-corrected chi connectivity index (χ0v) is 6.86. The van der Waals surface area contributed by atoms with E-state index in [0.717, 1.165) is 5.56 Å². The van der Waals surface area contributed by atoms with Crippen molar-refractivity contribution in [2.75, 3.05) is 11.5 Å². The number of anilines is 2. The van der Waals surface area contributed by atoms with Crippen molar-refractivity contribution in [1.29, 1.82) is 0 Å². The van der Waals surface area contributed by atoms with Gasteiger partial charge in [0.25, 0.3) is 0 Å². The van der Waals surface area contributed by atoms with Gasteiger partial charge in [0.05, 0.1) is 0 Å². The van der Waals surface area contributed by atoms with Crippen molar-refractivity contribution in [2.45, 2.75) is 0 Å². The molecule has 2 aromatic rings. The molecular formula is C8H9N5. The Balaban J connectivity index is 2.46. The van der Waals surface area contributed by atoms with Crippen LogP contribution in [-0.2, 0) is 0 Å². The fourth-order valence-corrected chi connectivity index (χ4v) is 1.09. The van der Waals surface area contributed by atoms with Crippen LogP contribution >= 0.6 is 0 Å². The largest absolute Gasteiger partial charge is 0.399 e. The zero-order chi connectivity index (χ0) is 9.26. The number of nitrogens with two attached hydrogens (primary N) is 2. The summed E-state index contributed by atoms with van der Waals surface area (Å²) < 4.78 is 0. The number of rotatable bonds is 1. The molecule has 13 heavy (non-hydrogen) atoms. The first-order valence-corrected chi connectivity index (χ1v) is 3.80. The second-order valence-corrected chi connectivity index (χ2v) is 2.68. The summed E-state index contributed by atoms with van der Waals surface area (Å²) in [5.41, 5.74) is 12.6. The highest BCUT2D eigenvalue weighted by molar-refractivity contribution is 5.61. The van der Waals surface area contributed by atoms with Gasteiger partial charge in [-0.15, -0.1) is 10.2 Å². The fraction of sp³-hybridized carbons (Fsp3) is 0. The van der Waals surface area contributed by atoms with Gasteiger partial charge >= 0.3 is 0 Å². The van der Waals surface area contributed by atoms with Crippen LogP contribution in [0.2, 0.25) is 0 Å². The van der Waals surface area contributed by atoms with E-state index in [2.05, 4.69) is 15.2 Å². The van der Waals surface area contributed by atoms with Gasteiger partial charge in [0.1, 0.15) is 0 Å². The lowest BCUT2D eigenvalue weighted by atomic mass is 10.2. The van der Waals surface area contributed by atoms with Gasteiger partial charge in [0.15, 0.2) is 5.82 Å². The first-order chi connectivity index (χ1) is 6.25. The van der Waals surface area contributed by atoms with Crippen LogP contribution in [-0.4, -0.2) is 15.2 Å². The van der Waals surface area contributed by atoms with E-state index in [9.17, 15) is 0 Å². The molecule has 5 heteroatoms. The SMILES string of the molecule is Nc1cccc(-c2nnc(N)[nH]2)c1. The van der Waals surface area contributed by atoms with Crippen LogP contribution in [0.15, 0.2) is 24.3 Å². The average molecular weight is 175 g/mol. The van der Waals surface area contributed by atoms with Crippen LogP contribution < -0.4 is 11.5 Å². The highest BCUT2D eigenvalue weighted by Crippen LogP contribution is 2.17. The normalized spacial score (nSPS) is 10.2. The monoisotopic (exact) mass is 175 g/mol. The third-order valence-corrected chi connectivity index (χ3v) is 1.66. The second kappa shape index (κ2) is 2.78. The Bertz CT molecular complexity index is 420. The molecule has 0 aliphatic heterocycles. The Labute approximate surface area is 74.8 Å². The molecule has 0 bridgehead atoms. The molecule has 0 saturated carbocycles. The average Bonchev–Trinajstić information content (AvgIpc) is 2.52. The second-order valence-electron chi connectivity index (χ2n) is 2.68. The maximum Gasteiger partial charge on any atom is 0.219 e. The van der Waals surface area contributed by atoms with Crippen molar-refractivity contribution in [3.05, 3.63) is 24.3 Å². The number of nitrogens with one attached hydrogen (secondary N) is 1. The third-order valence-electron chi connectivity index (χ3n) is 1.66. The predicted molar refractivity (Wildman–Crippen MR) is 50.6 cm³/mol. The Morgan fingerprint density at radius 1 is 1.15 bits per heavy atom. The van der Waals surface area contributed by atoms with E-state index in [1.807, 2.05) is 18.2 Å². The van der Waals surface area contributed by atoms with Gasteiger partial charge in [-0.25, -0.2) is 0 Å². The van der Waals surface area contributed by atoms with E-state index in [1.54, 1.807) is 6.07 Å². The number of aromatic amines is 1. The van der Waals surface area contributed by atoms with E-state index in [4.69, 9.17) is 11.5 Å². The summed E-state index contributed by atoms with van der Waals surface area (Å²) in [7, 11) is 0. The summed E-state index contributed by atoms with van der Waals surface area (Å²) in [5, 5.41) is 7.50. The van der Waals surface area contributed by atoms with Crippen molar-refractivity contribution in [2.24, 2.45) is 0 Å². The van der Waals surface area contributed by atoms with Crippen molar-refractivity contribution in [1.82, 2.24) is 15.2 Å². The summed E-state index contributed by atoms with van der Waals surface area (Å²) in [6.45, 7) is 0. The smallest absolute Gasteiger partial charge is 0.219 e. The van der Waals surface area contributed by atoms with Gasteiger partial charge in [-0.05, 0) is 12.1 Å². The first kappa shape index (κ1) is 7.60. The molecule has 0 radical (unpaired) electrons. The number of aromatic nitrogens is 3. The molecule has 0 atom stereocenters. The van der Waals surface area contributed by atoms with E-state index in [0.29, 0.717) is 17.5 Å². The maximum absolute atomic E-state index is 5.61. The van der Waals surface area contributed by atoms with Gasteiger partial charge in [0.2, 0.25) is 5.95 Å². The number of nitrogens with zero attached hydrogens (tertiary/aromatic N) is 2. The van der Waals surface area contributed by atoms with Gasteiger partial charge in [-0.2, -0.15) is 0 Å². The Morgan fingerprint density at radius 3 is 2.62 bits per heavy atom. The molecule has 0 saturated heterocycles. The van der Waals surface area contributed by atoms with Crippen LogP contribution in [0.3, 0.4) is 0 Å². The highest BCUT2D eigenvalue weighted by Gasteiger charge is 2.02. The Morgan fingerprint density at radius 2 is 2.00 bits per heavy atom. The lowest BCUT2D eigenvalue weighted by molar-refractivity contribution is 1.10. The minimum atomic E-state index is 0.303. The standard InChI is InChI=1S/C8H9N5/c9-6-3-1-2-5(4-6)7-11-8(10)13-12-7/h1-4H,9H2,(H3,10,11,12,13). The minimum absolute atomic E-state index is 0.303. The third kappa shape index (κ3) is 1.44. The molecule has 0 spiro atoms. The van der Waals surface area contributed by atoms with Crippen LogP contribution in [0.4, 0.5) is 11.6 Å². The lowest BCUT2D eigenvalue weighted by Crippen LogP contribution is -1.87. The van der Waals surface area contributed by atoms with E-state index < -0.39 is 0 Å². The number of nitrogen functional groups attached to an aromatic ring is 2. The van der Waals surface area contributed by atoms with E-state index in [1.165, 1.54) is 0 Å². The fourth-order valence-electron chi connectivity index (χ4n) is 1.09. The minimum Gasteiger partial charge on any atom is -0.399 e. The van der Waals surface area contributed by atoms with Crippen molar-refractivity contribution in [3.63, 3.8) is 0 Å². The highest BCUT2D eigenvalue weighted by atomic mass is 15.3. The molecule has 1 heterocycles. The van der Waals surface area contributed by atoms with Crippen LogP contribution in [0.5, 0.6) is 0 Å². The van der Waals surface area contributed by atoms with Gasteiger partial charge in [-0.3, -0.25) is 0 Å². The van der Waals surface area contributed by atoms with Crippen molar-refractivity contribution >= 4 is 11.6 Å². The van der Waals surface area contributed by atoms with Crippen LogP contribution in [0, 0.1) is 0 Å². The summed E-state index contributed by atoms with van der Waals surface area (Å²) in [5.74, 6) is 0.933. The van der Waals surface area contributed by atoms with Gasteiger partial charge in [0, 0.05) is 11.3 Å². The predicted octanol–water partition coefficient (Wildman–Crippen LogP) is 0.636. The van der Waals surface area contributed by atoms with Gasteiger partial charge in [-0.1, -0.05) is 12.1 Å². The summed E-state index contributed by atoms with van der Waals surface area (Å²) >= 11 is 0. The van der Waals surface area contributed by atoms with Crippen molar-refractivity contribution < 1.29 is 0 Å². The van der Waals surface area contributed by atoms with Crippen LogP contribution in [0.1, 0.15) is 0 Å². The molecule has 5 nitrogen and oxygen atoms in total. The molecule has 1 aromatic carbocycles. The van der Waals surface area contributed by atoms with Crippen molar-refractivity contribution in [3.8, 4) is 11.4 Å². The molecule has 0 aliphatic carbocycles. The molecule has 5 N–H and O–H groups in total. The number of benzene rings is 1. The maximum atomic E-state index is 5.61. The Kier molecular flexibility index (Phi) is 1.63. The molecule has 0 fully saturated rings. The molecule has 2 rings (SSSR count). The summed E-state index contributed by atoms with van der Waals surface area (Å²) in [6.07, 6.45) is 0. The quantitative estimate of drug-likeness (QED) is 0.554. The van der Waals surface area contributed by atoms with Crippen LogP contribution in [0.25, 0.3) is 11.4 Å². The molecule has 0 amide bonds. The lowest BCUT2D eigenvalue weighted by Gasteiger charge is -1.96. The summed E-state index contributed by atoms with van der Waals surface area (Å²) in [4.78, 5) is 2.82. The number of H-pyrrole nitrogens is 1.